The van der Waals surface area contributed by atoms with Crippen LogP contribution < -0.4 is 5.32 Å². The van der Waals surface area contributed by atoms with Crippen molar-refractivity contribution in [2.24, 2.45) is 0 Å². The maximum absolute atomic E-state index is 12.3. The van der Waals surface area contributed by atoms with Gasteiger partial charge in [-0.2, -0.15) is 0 Å². The van der Waals surface area contributed by atoms with Crippen molar-refractivity contribution in [2.75, 3.05) is 13.1 Å². The largest absolute Gasteiger partial charge is 0.351 e. The molecule has 2 aromatic carbocycles. The molecule has 0 saturated carbocycles. The molecule has 2 amide bonds. The van der Waals surface area contributed by atoms with Crippen molar-refractivity contribution >= 4 is 22.7 Å². The van der Waals surface area contributed by atoms with E-state index in [4.69, 9.17) is 0 Å². The van der Waals surface area contributed by atoms with Gasteiger partial charge in [-0.1, -0.05) is 30.3 Å². The summed E-state index contributed by atoms with van der Waals surface area (Å²) >= 11 is 0. The maximum atomic E-state index is 12.3. The fourth-order valence-corrected chi connectivity index (χ4v) is 2.93. The number of rotatable bonds is 6. The zero-order valence-electron chi connectivity index (χ0n) is 15.1. The Bertz CT molecular complexity index is 875. The summed E-state index contributed by atoms with van der Waals surface area (Å²) in [5.74, 6) is -0.117. The Hall–Kier alpha value is -3.08. The van der Waals surface area contributed by atoms with Gasteiger partial charge in [-0.15, -0.1) is 0 Å². The number of H-pyrrole nitrogens is 1. The average molecular weight is 349 g/mol. The molecule has 3 rings (SSSR count). The highest BCUT2D eigenvalue weighted by Gasteiger charge is 2.12. The van der Waals surface area contributed by atoms with E-state index in [1.807, 2.05) is 68.4 Å². The maximum Gasteiger partial charge on any atom is 0.267 e. The van der Waals surface area contributed by atoms with Crippen LogP contribution in [0, 0.1) is 0 Å². The van der Waals surface area contributed by atoms with Gasteiger partial charge < -0.3 is 15.2 Å². The molecule has 5 nitrogen and oxygen atoms in total. The zero-order valence-corrected chi connectivity index (χ0v) is 15.1. The molecule has 26 heavy (non-hydrogen) atoms. The minimum absolute atomic E-state index is 0.0312. The molecular weight excluding hydrogens is 326 g/mol. The van der Waals surface area contributed by atoms with Crippen LogP contribution in [0.4, 0.5) is 0 Å². The lowest BCUT2D eigenvalue weighted by atomic mass is 10.1. The van der Waals surface area contributed by atoms with Gasteiger partial charge in [0.25, 0.3) is 11.8 Å². The highest BCUT2D eigenvalue weighted by Crippen LogP contribution is 2.14. The van der Waals surface area contributed by atoms with Crippen LogP contribution in [0.5, 0.6) is 0 Å². The Morgan fingerprint density at radius 2 is 1.69 bits per heavy atom. The van der Waals surface area contributed by atoms with Crippen LogP contribution in [-0.2, 0) is 6.54 Å². The summed E-state index contributed by atoms with van der Waals surface area (Å²) in [4.78, 5) is 29.5. The number of carbonyl (C=O) groups excluding carboxylic acids is 2. The number of hydrogen-bond acceptors (Lipinski definition) is 2. The molecule has 1 aromatic heterocycles. The van der Waals surface area contributed by atoms with Gasteiger partial charge in [-0.05, 0) is 43.7 Å². The molecule has 3 aromatic rings. The average Bonchev–Trinajstić information content (AvgIpc) is 3.11. The normalized spacial score (nSPS) is 10.7. The minimum atomic E-state index is -0.149. The summed E-state index contributed by atoms with van der Waals surface area (Å²) in [6.45, 7) is 5.73. The number of fused-ring (bicyclic) bond motifs is 1. The monoisotopic (exact) mass is 349 g/mol. The molecule has 1 heterocycles. The molecule has 0 bridgehead atoms. The summed E-state index contributed by atoms with van der Waals surface area (Å²) in [6.07, 6.45) is 0. The predicted molar refractivity (Wildman–Crippen MR) is 103 cm³/mol. The van der Waals surface area contributed by atoms with Gasteiger partial charge in [0.2, 0.25) is 0 Å². The Balaban J connectivity index is 1.62. The Kier molecular flexibility index (Phi) is 5.37. The SMILES string of the molecule is CCN(CC)C(=O)c1ccc(CNC(=O)c2cc3ccccc3[nH]2)cc1. The van der Waals surface area contributed by atoms with Gasteiger partial charge in [0.15, 0.2) is 0 Å². The molecule has 0 fully saturated rings. The van der Waals surface area contributed by atoms with Crippen LogP contribution in [0.2, 0.25) is 0 Å². The fourth-order valence-electron chi connectivity index (χ4n) is 2.93. The van der Waals surface area contributed by atoms with Crippen molar-refractivity contribution < 1.29 is 9.59 Å². The standard InChI is InChI=1S/C21H23N3O2/c1-3-24(4-2)21(26)16-11-9-15(10-12-16)14-22-20(25)19-13-17-7-5-6-8-18(17)23-19/h5-13,23H,3-4,14H2,1-2H3,(H,22,25). The summed E-state index contributed by atoms with van der Waals surface area (Å²) < 4.78 is 0. The summed E-state index contributed by atoms with van der Waals surface area (Å²) in [5, 5.41) is 3.92. The first-order chi connectivity index (χ1) is 12.6. The van der Waals surface area contributed by atoms with E-state index in [1.54, 1.807) is 4.90 Å². The molecule has 134 valence electrons. The molecule has 2 N–H and O–H groups in total. The molecular formula is C21H23N3O2. The van der Waals surface area contributed by atoms with Crippen LogP contribution in [0.25, 0.3) is 10.9 Å². The first-order valence-corrected chi connectivity index (χ1v) is 8.86. The van der Waals surface area contributed by atoms with Gasteiger partial charge in [-0.25, -0.2) is 0 Å². The molecule has 0 aliphatic rings. The van der Waals surface area contributed by atoms with Gasteiger partial charge in [-0.3, -0.25) is 9.59 Å². The van der Waals surface area contributed by atoms with E-state index in [0.717, 1.165) is 16.5 Å². The van der Waals surface area contributed by atoms with Crippen molar-refractivity contribution in [2.45, 2.75) is 20.4 Å². The van der Waals surface area contributed by atoms with Crippen molar-refractivity contribution in [1.82, 2.24) is 15.2 Å². The summed E-state index contributed by atoms with van der Waals surface area (Å²) in [5.41, 5.74) is 3.10. The Morgan fingerprint density at radius 1 is 1.00 bits per heavy atom. The quantitative estimate of drug-likeness (QED) is 0.714. The van der Waals surface area contributed by atoms with Crippen LogP contribution in [0.3, 0.4) is 0 Å². The lowest BCUT2D eigenvalue weighted by Crippen LogP contribution is -2.30. The molecule has 0 atom stereocenters. The molecule has 0 aliphatic heterocycles. The number of benzene rings is 2. The zero-order chi connectivity index (χ0) is 18.5. The number of aromatic nitrogens is 1. The second-order valence-corrected chi connectivity index (χ2v) is 6.13. The van der Waals surface area contributed by atoms with Gasteiger partial charge in [0, 0.05) is 36.1 Å². The fraction of sp³-hybridized carbons (Fsp3) is 0.238. The lowest BCUT2D eigenvalue weighted by molar-refractivity contribution is 0.0772. The third-order valence-electron chi connectivity index (χ3n) is 4.48. The number of amides is 2. The van der Waals surface area contributed by atoms with Crippen molar-refractivity contribution in [1.29, 1.82) is 0 Å². The van der Waals surface area contributed by atoms with E-state index < -0.39 is 0 Å². The third-order valence-corrected chi connectivity index (χ3v) is 4.48. The predicted octanol–water partition coefficient (Wildman–Crippen LogP) is 3.58. The van der Waals surface area contributed by atoms with E-state index in [1.165, 1.54) is 0 Å². The first kappa shape index (κ1) is 17.7. The van der Waals surface area contributed by atoms with E-state index in [0.29, 0.717) is 30.9 Å². The van der Waals surface area contributed by atoms with Crippen LogP contribution in [0.15, 0.2) is 54.6 Å². The number of hydrogen-bond donors (Lipinski definition) is 2. The minimum Gasteiger partial charge on any atom is -0.351 e. The van der Waals surface area contributed by atoms with E-state index >= 15 is 0 Å². The molecule has 0 radical (unpaired) electrons. The summed E-state index contributed by atoms with van der Waals surface area (Å²) in [6, 6.07) is 17.0. The van der Waals surface area contributed by atoms with Crippen LogP contribution in [0.1, 0.15) is 40.3 Å². The topological polar surface area (TPSA) is 65.2 Å². The molecule has 0 aliphatic carbocycles. The molecule has 5 heteroatoms. The number of nitrogens with one attached hydrogen (secondary N) is 2. The van der Waals surface area contributed by atoms with Gasteiger partial charge in [0.1, 0.15) is 5.69 Å². The van der Waals surface area contributed by atoms with Crippen LogP contribution >= 0.6 is 0 Å². The molecule has 0 saturated heterocycles. The second kappa shape index (κ2) is 7.87. The van der Waals surface area contributed by atoms with Crippen molar-refractivity contribution in [3.8, 4) is 0 Å². The number of carbonyl (C=O) groups is 2. The summed E-state index contributed by atoms with van der Waals surface area (Å²) in [7, 11) is 0. The lowest BCUT2D eigenvalue weighted by Gasteiger charge is -2.18. The number of nitrogens with zero attached hydrogens (tertiary/aromatic N) is 1. The van der Waals surface area contributed by atoms with E-state index in [9.17, 15) is 9.59 Å². The first-order valence-electron chi connectivity index (χ1n) is 8.86. The molecule has 0 unspecified atom stereocenters. The van der Waals surface area contributed by atoms with Crippen molar-refractivity contribution in [3.05, 3.63) is 71.4 Å². The Morgan fingerprint density at radius 3 is 2.35 bits per heavy atom. The highest BCUT2D eigenvalue weighted by atomic mass is 16.2. The third kappa shape index (κ3) is 3.77. The van der Waals surface area contributed by atoms with Crippen molar-refractivity contribution in [3.63, 3.8) is 0 Å². The van der Waals surface area contributed by atoms with Crippen LogP contribution in [-0.4, -0.2) is 34.8 Å². The van der Waals surface area contributed by atoms with Gasteiger partial charge >= 0.3 is 0 Å². The van der Waals surface area contributed by atoms with E-state index in [-0.39, 0.29) is 11.8 Å². The highest BCUT2D eigenvalue weighted by molar-refractivity contribution is 5.98. The van der Waals surface area contributed by atoms with Gasteiger partial charge in [0.05, 0.1) is 0 Å². The Labute approximate surface area is 153 Å². The van der Waals surface area contributed by atoms with E-state index in [2.05, 4.69) is 10.3 Å². The number of aromatic amines is 1. The smallest absolute Gasteiger partial charge is 0.267 e. The second-order valence-electron chi connectivity index (χ2n) is 6.13. The number of para-hydroxylation sites is 1. The molecule has 0 spiro atoms.